The second kappa shape index (κ2) is 7.19. The molecule has 2 nitrogen and oxygen atoms in total. The van der Waals surface area contributed by atoms with Crippen LogP contribution < -0.4 is 4.57 Å². The predicted molar refractivity (Wildman–Crippen MR) is 126 cm³/mol. The molecule has 0 fully saturated rings. The number of fused-ring (bicyclic) bond motifs is 4. The van der Waals surface area contributed by atoms with Gasteiger partial charge in [-0.1, -0.05) is 32.0 Å². The predicted octanol–water partition coefficient (Wildman–Crippen LogP) is 7.19. The highest BCUT2D eigenvalue weighted by Gasteiger charge is 2.25. The Morgan fingerprint density at radius 1 is 0.935 bits per heavy atom. The van der Waals surface area contributed by atoms with Gasteiger partial charge in [0.1, 0.15) is 24.0 Å². The second-order valence-electron chi connectivity index (χ2n) is 9.04. The normalized spacial score (nSPS) is 12.0. The topological polar surface area (TPSA) is 17.0 Å². The average molecular weight is 413 g/mol. The van der Waals surface area contributed by atoms with Crippen molar-refractivity contribution in [3.63, 3.8) is 0 Å². The van der Waals surface area contributed by atoms with Crippen LogP contribution in [0, 0.1) is 25.6 Å². The van der Waals surface area contributed by atoms with Gasteiger partial charge in [-0.2, -0.15) is 4.57 Å². The molecule has 0 unspecified atom stereocenters. The van der Waals surface area contributed by atoms with Gasteiger partial charge in [-0.15, -0.1) is 0 Å². The number of halogens is 1. The van der Waals surface area contributed by atoms with E-state index in [1.807, 2.05) is 18.2 Å². The number of aryl methyl sites for hydroxylation is 2. The number of rotatable bonds is 3. The number of benzene rings is 3. The van der Waals surface area contributed by atoms with Crippen molar-refractivity contribution >= 4 is 32.8 Å². The van der Waals surface area contributed by atoms with Gasteiger partial charge >= 0.3 is 0 Å². The third-order valence-electron chi connectivity index (χ3n) is 6.41. The number of para-hydroxylation sites is 1. The Morgan fingerprint density at radius 2 is 1.71 bits per heavy atom. The number of furan rings is 1. The van der Waals surface area contributed by atoms with E-state index in [2.05, 4.69) is 63.6 Å². The van der Waals surface area contributed by atoms with Gasteiger partial charge < -0.3 is 4.42 Å². The van der Waals surface area contributed by atoms with Crippen molar-refractivity contribution < 1.29 is 13.4 Å². The first-order chi connectivity index (χ1) is 14.8. The quantitative estimate of drug-likeness (QED) is 0.287. The summed E-state index contributed by atoms with van der Waals surface area (Å²) < 4.78 is 22.7. The van der Waals surface area contributed by atoms with E-state index in [-0.39, 0.29) is 5.82 Å². The molecule has 0 N–H and O–H groups in total. The van der Waals surface area contributed by atoms with E-state index in [0.717, 1.165) is 50.5 Å². The van der Waals surface area contributed by atoms with Crippen LogP contribution >= 0.6 is 0 Å². The lowest BCUT2D eigenvalue weighted by atomic mass is 9.92. The van der Waals surface area contributed by atoms with Crippen molar-refractivity contribution in [2.45, 2.75) is 34.1 Å². The molecule has 0 radical (unpaired) electrons. The molecule has 2 heterocycles. The van der Waals surface area contributed by atoms with E-state index in [1.54, 1.807) is 12.1 Å². The molecule has 31 heavy (non-hydrogen) atoms. The van der Waals surface area contributed by atoms with Gasteiger partial charge in [0.25, 0.3) is 0 Å². The van der Waals surface area contributed by atoms with Gasteiger partial charge in [0.2, 0.25) is 11.2 Å². The Labute approximate surface area is 181 Å². The van der Waals surface area contributed by atoms with Gasteiger partial charge in [0.15, 0.2) is 0 Å². The van der Waals surface area contributed by atoms with Gasteiger partial charge in [0.05, 0.1) is 10.9 Å². The zero-order chi connectivity index (χ0) is 21.9. The summed E-state index contributed by atoms with van der Waals surface area (Å²) in [4.78, 5) is 0. The molecule has 0 saturated carbocycles. The van der Waals surface area contributed by atoms with Crippen molar-refractivity contribution in [3.05, 3.63) is 77.1 Å². The van der Waals surface area contributed by atoms with Crippen LogP contribution in [0.1, 0.15) is 30.5 Å². The van der Waals surface area contributed by atoms with Gasteiger partial charge in [-0.3, -0.25) is 0 Å². The molecule has 0 saturated heterocycles. The van der Waals surface area contributed by atoms with Crippen molar-refractivity contribution in [2.24, 2.45) is 13.0 Å². The van der Waals surface area contributed by atoms with E-state index in [9.17, 15) is 4.39 Å². The third-order valence-corrected chi connectivity index (χ3v) is 6.41. The Bertz CT molecular complexity index is 1480. The maximum atomic E-state index is 14.1. The van der Waals surface area contributed by atoms with Crippen LogP contribution in [0.25, 0.3) is 44.1 Å². The minimum absolute atomic E-state index is 0.198. The first-order valence-electron chi connectivity index (χ1n) is 10.9. The molecule has 3 aromatic carbocycles. The van der Waals surface area contributed by atoms with Crippen LogP contribution in [0.15, 0.2) is 59.0 Å². The van der Waals surface area contributed by atoms with Crippen LogP contribution in [0.2, 0.25) is 0 Å². The average Bonchev–Trinajstić information content (AvgIpc) is 3.09. The molecule has 0 spiro atoms. The zero-order valence-electron chi connectivity index (χ0n) is 18.7. The molecule has 5 aromatic rings. The van der Waals surface area contributed by atoms with Crippen LogP contribution in [0.4, 0.5) is 4.39 Å². The number of pyridine rings is 1. The standard InChI is InChI=1S/C28H27FNO/c1-16(2)12-19-14-25(30(5)24-11-10-20(29)15-22(19)24)27-18(4)17(3)13-23-21-8-6-7-9-26(21)31-28(23)27/h6-11,13-16H,12H2,1-5H3/q+1. The van der Waals surface area contributed by atoms with Gasteiger partial charge in [-0.05, 0) is 67.1 Å². The van der Waals surface area contributed by atoms with Crippen LogP contribution in [0.5, 0.6) is 0 Å². The molecule has 156 valence electrons. The summed E-state index contributed by atoms with van der Waals surface area (Å²) in [6.45, 7) is 8.72. The van der Waals surface area contributed by atoms with Crippen LogP contribution in [-0.2, 0) is 13.5 Å². The van der Waals surface area contributed by atoms with Crippen molar-refractivity contribution in [3.8, 4) is 11.3 Å². The maximum absolute atomic E-state index is 14.1. The summed E-state index contributed by atoms with van der Waals surface area (Å²) in [6.07, 6.45) is 0.891. The van der Waals surface area contributed by atoms with Gasteiger partial charge in [0, 0.05) is 22.9 Å². The van der Waals surface area contributed by atoms with E-state index < -0.39 is 0 Å². The van der Waals surface area contributed by atoms with E-state index in [0.29, 0.717) is 5.92 Å². The highest BCUT2D eigenvalue weighted by atomic mass is 19.1. The minimum Gasteiger partial charge on any atom is -0.455 e. The van der Waals surface area contributed by atoms with Crippen molar-refractivity contribution in [2.75, 3.05) is 0 Å². The fourth-order valence-corrected chi connectivity index (χ4v) is 4.77. The van der Waals surface area contributed by atoms with Crippen LogP contribution in [-0.4, -0.2) is 0 Å². The number of aromatic nitrogens is 1. The second-order valence-corrected chi connectivity index (χ2v) is 9.04. The van der Waals surface area contributed by atoms with Crippen LogP contribution in [0.3, 0.4) is 0 Å². The minimum atomic E-state index is -0.198. The molecule has 0 aliphatic heterocycles. The first-order valence-corrected chi connectivity index (χ1v) is 10.9. The van der Waals surface area contributed by atoms with E-state index in [1.165, 1.54) is 16.7 Å². The zero-order valence-corrected chi connectivity index (χ0v) is 18.7. The third kappa shape index (κ3) is 3.11. The molecule has 0 bridgehead atoms. The Morgan fingerprint density at radius 3 is 2.48 bits per heavy atom. The molecule has 0 amide bonds. The molecule has 0 atom stereocenters. The molecule has 0 aliphatic rings. The van der Waals surface area contributed by atoms with Crippen molar-refractivity contribution in [1.82, 2.24) is 0 Å². The molecule has 3 heteroatoms. The highest BCUT2D eigenvalue weighted by molar-refractivity contribution is 6.10. The number of hydrogen-bond donors (Lipinski definition) is 0. The summed E-state index contributed by atoms with van der Waals surface area (Å²) in [5, 5.41) is 3.25. The van der Waals surface area contributed by atoms with Crippen molar-refractivity contribution in [1.29, 1.82) is 0 Å². The first kappa shape index (κ1) is 19.7. The summed E-state index contributed by atoms with van der Waals surface area (Å²) >= 11 is 0. The van der Waals surface area contributed by atoms with Gasteiger partial charge in [-0.25, -0.2) is 4.39 Å². The largest absolute Gasteiger partial charge is 0.455 e. The summed E-state index contributed by atoms with van der Waals surface area (Å²) in [6, 6.07) is 17.8. The fourth-order valence-electron chi connectivity index (χ4n) is 4.77. The molecular formula is C28H27FNO+. The Hall–Kier alpha value is -3.20. The lowest BCUT2D eigenvalue weighted by Crippen LogP contribution is -2.33. The summed E-state index contributed by atoms with van der Waals surface area (Å²) in [5.74, 6) is 0.272. The maximum Gasteiger partial charge on any atom is 0.217 e. The lowest BCUT2D eigenvalue weighted by molar-refractivity contribution is -0.633. The lowest BCUT2D eigenvalue weighted by Gasteiger charge is -2.14. The summed E-state index contributed by atoms with van der Waals surface area (Å²) in [7, 11) is 2.06. The molecule has 2 aromatic heterocycles. The Balaban J connectivity index is 1.93. The smallest absolute Gasteiger partial charge is 0.217 e. The highest BCUT2D eigenvalue weighted by Crippen LogP contribution is 2.39. The van der Waals surface area contributed by atoms with E-state index >= 15 is 0 Å². The Kier molecular flexibility index (Phi) is 4.58. The fraction of sp³-hybridized carbons (Fsp3) is 0.250. The monoisotopic (exact) mass is 412 g/mol. The number of nitrogens with zero attached hydrogens (tertiary/aromatic N) is 1. The molecule has 5 rings (SSSR count). The SMILES string of the molecule is Cc1cc2c(oc3ccccc32)c(-c2cc(CC(C)C)c3cc(F)ccc3[n+]2C)c1C. The summed E-state index contributed by atoms with van der Waals surface area (Å²) in [5.41, 5.74) is 8.67. The molecule has 0 aliphatic carbocycles. The molecular weight excluding hydrogens is 385 g/mol. The number of hydrogen-bond acceptors (Lipinski definition) is 1. The van der Waals surface area contributed by atoms with E-state index in [4.69, 9.17) is 4.42 Å².